The SMILES string of the molecule is CC(C)(C)CC(CO)NCc1ccc(Br)s1. The highest BCUT2D eigenvalue weighted by atomic mass is 79.9. The van der Waals surface area contributed by atoms with E-state index in [-0.39, 0.29) is 18.1 Å². The van der Waals surface area contributed by atoms with Crippen LogP contribution < -0.4 is 5.32 Å². The molecule has 0 aliphatic rings. The Labute approximate surface area is 110 Å². The lowest BCUT2D eigenvalue weighted by Crippen LogP contribution is -2.35. The molecular formula is C12H20BrNOS. The van der Waals surface area contributed by atoms with Gasteiger partial charge in [0.1, 0.15) is 0 Å². The van der Waals surface area contributed by atoms with Gasteiger partial charge in [0, 0.05) is 17.5 Å². The molecule has 1 rings (SSSR count). The van der Waals surface area contributed by atoms with Crippen LogP contribution in [0, 0.1) is 5.41 Å². The molecule has 1 unspecified atom stereocenters. The van der Waals surface area contributed by atoms with E-state index in [1.807, 2.05) is 0 Å². The van der Waals surface area contributed by atoms with Crippen molar-refractivity contribution in [3.8, 4) is 0 Å². The van der Waals surface area contributed by atoms with Gasteiger partial charge in [0.05, 0.1) is 10.4 Å². The first-order valence-electron chi connectivity index (χ1n) is 5.49. The van der Waals surface area contributed by atoms with Crippen LogP contribution >= 0.6 is 27.3 Å². The molecule has 0 bridgehead atoms. The van der Waals surface area contributed by atoms with Crippen LogP contribution in [0.4, 0.5) is 0 Å². The van der Waals surface area contributed by atoms with E-state index in [2.05, 4.69) is 54.2 Å². The van der Waals surface area contributed by atoms with Crippen LogP contribution in [-0.4, -0.2) is 17.8 Å². The molecule has 2 nitrogen and oxygen atoms in total. The second kappa shape index (κ2) is 6.15. The van der Waals surface area contributed by atoms with E-state index in [1.165, 1.54) is 4.88 Å². The predicted octanol–water partition coefficient (Wildman–Crippen LogP) is 3.40. The molecule has 0 saturated heterocycles. The predicted molar refractivity (Wildman–Crippen MR) is 73.8 cm³/mol. The Balaban J connectivity index is 2.40. The van der Waals surface area contributed by atoms with E-state index in [9.17, 15) is 5.11 Å². The average molecular weight is 306 g/mol. The third-order valence-electron chi connectivity index (χ3n) is 2.27. The highest BCUT2D eigenvalue weighted by Crippen LogP contribution is 2.23. The Morgan fingerprint density at radius 3 is 2.56 bits per heavy atom. The fraction of sp³-hybridized carbons (Fsp3) is 0.667. The Hall–Kier alpha value is 0.1000. The summed E-state index contributed by atoms with van der Waals surface area (Å²) in [7, 11) is 0. The third kappa shape index (κ3) is 5.43. The minimum absolute atomic E-state index is 0.181. The normalized spacial score (nSPS) is 14.1. The molecule has 4 heteroatoms. The molecule has 0 spiro atoms. The van der Waals surface area contributed by atoms with Crippen molar-refractivity contribution in [1.82, 2.24) is 5.32 Å². The fourth-order valence-electron chi connectivity index (χ4n) is 1.63. The van der Waals surface area contributed by atoms with Crippen molar-refractivity contribution in [2.45, 2.75) is 39.8 Å². The standard InChI is InChI=1S/C12H20BrNOS/c1-12(2,3)6-9(8-15)14-7-10-4-5-11(13)16-10/h4-5,9,14-15H,6-8H2,1-3H3. The molecule has 0 aliphatic heterocycles. The minimum atomic E-state index is 0.181. The Morgan fingerprint density at radius 2 is 2.12 bits per heavy atom. The zero-order valence-electron chi connectivity index (χ0n) is 10.1. The molecule has 16 heavy (non-hydrogen) atoms. The van der Waals surface area contributed by atoms with Crippen LogP contribution in [0.5, 0.6) is 0 Å². The summed E-state index contributed by atoms with van der Waals surface area (Å²) in [4.78, 5) is 1.29. The molecule has 0 fully saturated rings. The topological polar surface area (TPSA) is 32.3 Å². The maximum Gasteiger partial charge on any atom is 0.0701 e. The smallest absolute Gasteiger partial charge is 0.0701 e. The molecule has 0 aromatic carbocycles. The van der Waals surface area contributed by atoms with Gasteiger partial charge in [-0.25, -0.2) is 0 Å². The molecular weight excluding hydrogens is 286 g/mol. The molecule has 1 atom stereocenters. The molecule has 92 valence electrons. The van der Waals surface area contributed by atoms with Crippen LogP contribution in [0.1, 0.15) is 32.1 Å². The van der Waals surface area contributed by atoms with Crippen molar-refractivity contribution in [3.63, 3.8) is 0 Å². The Bertz CT molecular complexity index is 319. The Morgan fingerprint density at radius 1 is 1.44 bits per heavy atom. The van der Waals surface area contributed by atoms with E-state index in [1.54, 1.807) is 11.3 Å². The van der Waals surface area contributed by atoms with Crippen LogP contribution in [0.3, 0.4) is 0 Å². The minimum Gasteiger partial charge on any atom is -0.395 e. The summed E-state index contributed by atoms with van der Waals surface area (Å²) < 4.78 is 1.15. The van der Waals surface area contributed by atoms with E-state index >= 15 is 0 Å². The molecule has 0 radical (unpaired) electrons. The first-order chi connectivity index (χ1) is 7.40. The lowest BCUT2D eigenvalue weighted by atomic mass is 9.88. The molecule has 1 aromatic rings. The van der Waals surface area contributed by atoms with E-state index < -0.39 is 0 Å². The number of aliphatic hydroxyl groups excluding tert-OH is 1. The average Bonchev–Trinajstić information content (AvgIpc) is 2.57. The zero-order chi connectivity index (χ0) is 12.2. The van der Waals surface area contributed by atoms with Gasteiger partial charge in [-0.15, -0.1) is 11.3 Å². The van der Waals surface area contributed by atoms with Gasteiger partial charge in [0.25, 0.3) is 0 Å². The molecule has 1 heterocycles. The molecule has 0 amide bonds. The van der Waals surface area contributed by atoms with Crippen molar-refractivity contribution in [2.75, 3.05) is 6.61 Å². The third-order valence-corrected chi connectivity index (χ3v) is 3.90. The summed E-state index contributed by atoms with van der Waals surface area (Å²) in [5.74, 6) is 0. The van der Waals surface area contributed by atoms with E-state index in [4.69, 9.17) is 0 Å². The summed E-state index contributed by atoms with van der Waals surface area (Å²) >= 11 is 5.18. The lowest BCUT2D eigenvalue weighted by Gasteiger charge is -2.25. The summed E-state index contributed by atoms with van der Waals surface area (Å²) in [6.45, 7) is 7.61. The van der Waals surface area contributed by atoms with Crippen molar-refractivity contribution < 1.29 is 5.11 Å². The summed E-state index contributed by atoms with van der Waals surface area (Å²) in [6.07, 6.45) is 0.982. The van der Waals surface area contributed by atoms with Gasteiger partial charge < -0.3 is 10.4 Å². The van der Waals surface area contributed by atoms with Crippen LogP contribution in [0.2, 0.25) is 0 Å². The number of rotatable bonds is 5. The highest BCUT2D eigenvalue weighted by molar-refractivity contribution is 9.11. The first-order valence-corrected chi connectivity index (χ1v) is 7.10. The molecule has 2 N–H and O–H groups in total. The van der Waals surface area contributed by atoms with Gasteiger partial charge in [-0.2, -0.15) is 0 Å². The summed E-state index contributed by atoms with van der Waals surface area (Å²) in [5.41, 5.74) is 0.246. The quantitative estimate of drug-likeness (QED) is 0.874. The first kappa shape index (κ1) is 14.2. The maximum absolute atomic E-state index is 9.30. The monoisotopic (exact) mass is 305 g/mol. The van der Waals surface area contributed by atoms with E-state index in [0.717, 1.165) is 16.8 Å². The zero-order valence-corrected chi connectivity index (χ0v) is 12.5. The largest absolute Gasteiger partial charge is 0.395 e. The fourth-order valence-corrected chi connectivity index (χ4v) is 3.07. The van der Waals surface area contributed by atoms with Crippen molar-refractivity contribution in [3.05, 3.63) is 20.8 Å². The van der Waals surface area contributed by atoms with Gasteiger partial charge >= 0.3 is 0 Å². The van der Waals surface area contributed by atoms with Crippen LogP contribution in [0.15, 0.2) is 15.9 Å². The van der Waals surface area contributed by atoms with Crippen molar-refractivity contribution >= 4 is 27.3 Å². The summed E-state index contributed by atoms with van der Waals surface area (Å²) in [5, 5.41) is 12.7. The van der Waals surface area contributed by atoms with Gasteiger partial charge in [0.15, 0.2) is 0 Å². The maximum atomic E-state index is 9.30. The van der Waals surface area contributed by atoms with E-state index in [0.29, 0.717) is 0 Å². The number of aliphatic hydroxyl groups is 1. The van der Waals surface area contributed by atoms with Crippen molar-refractivity contribution in [2.24, 2.45) is 5.41 Å². The number of thiophene rings is 1. The van der Waals surface area contributed by atoms with Crippen molar-refractivity contribution in [1.29, 1.82) is 0 Å². The molecule has 0 aliphatic carbocycles. The van der Waals surface area contributed by atoms with Gasteiger partial charge in [-0.3, -0.25) is 0 Å². The Kier molecular flexibility index (Phi) is 5.44. The van der Waals surface area contributed by atoms with Gasteiger partial charge in [-0.05, 0) is 39.9 Å². The van der Waals surface area contributed by atoms with Gasteiger partial charge in [0.2, 0.25) is 0 Å². The number of halogens is 1. The number of hydrogen-bond acceptors (Lipinski definition) is 3. The molecule has 0 saturated carbocycles. The number of nitrogens with one attached hydrogen (secondary N) is 1. The highest BCUT2D eigenvalue weighted by Gasteiger charge is 2.17. The second-order valence-corrected chi connectivity index (χ2v) is 7.78. The summed E-state index contributed by atoms with van der Waals surface area (Å²) in [6, 6.07) is 4.34. The van der Waals surface area contributed by atoms with Crippen LogP contribution in [0.25, 0.3) is 0 Å². The molecule has 1 aromatic heterocycles. The second-order valence-electron chi connectivity index (χ2n) is 5.23. The lowest BCUT2D eigenvalue weighted by molar-refractivity contribution is 0.198. The number of hydrogen-bond donors (Lipinski definition) is 2. The van der Waals surface area contributed by atoms with Gasteiger partial charge in [-0.1, -0.05) is 20.8 Å². The van der Waals surface area contributed by atoms with Crippen LogP contribution in [-0.2, 0) is 6.54 Å².